The summed E-state index contributed by atoms with van der Waals surface area (Å²) in [6.45, 7) is 0.205. The summed E-state index contributed by atoms with van der Waals surface area (Å²) in [6, 6.07) is 9.14. The maximum Gasteiger partial charge on any atom is 0.269 e. The van der Waals surface area contributed by atoms with Crippen molar-refractivity contribution in [3.8, 4) is 5.75 Å². The third kappa shape index (κ3) is 3.80. The van der Waals surface area contributed by atoms with Crippen LogP contribution in [-0.2, 0) is 6.61 Å². The average Bonchev–Trinajstić information content (AvgIpc) is 2.46. The second-order valence-electron chi connectivity index (χ2n) is 4.14. The van der Waals surface area contributed by atoms with Gasteiger partial charge in [-0.05, 0) is 45.8 Å². The van der Waals surface area contributed by atoms with E-state index in [-0.39, 0.29) is 12.3 Å². The lowest BCUT2D eigenvalue weighted by molar-refractivity contribution is -0.384. The summed E-state index contributed by atoms with van der Waals surface area (Å²) in [4.78, 5) is 20.8. The zero-order valence-electron chi connectivity index (χ0n) is 10.6. The molecule has 2 aromatic rings. The first-order chi connectivity index (χ1) is 10.0. The fourth-order valence-electron chi connectivity index (χ4n) is 1.65. The predicted octanol–water partition coefficient (Wildman–Crippen LogP) is 4.40. The molecule has 0 aliphatic carbocycles. The Hall–Kier alpha value is -1.92. The number of aldehydes is 1. The third-order valence-corrected chi connectivity index (χ3v) is 3.56. The molecule has 0 radical (unpaired) electrons. The van der Waals surface area contributed by atoms with Crippen molar-refractivity contribution in [2.45, 2.75) is 6.61 Å². The lowest BCUT2D eigenvalue weighted by atomic mass is 10.2. The molecule has 2 rings (SSSR count). The molecule has 0 atom stereocenters. The highest BCUT2D eigenvalue weighted by Crippen LogP contribution is 2.34. The largest absolute Gasteiger partial charge is 0.486 e. The van der Waals surface area contributed by atoms with Gasteiger partial charge in [-0.2, -0.15) is 0 Å². The summed E-state index contributed by atoms with van der Waals surface area (Å²) < 4.78 is 6.16. The lowest BCUT2D eigenvalue weighted by Crippen LogP contribution is -1.98. The van der Waals surface area contributed by atoms with Crippen LogP contribution in [0.1, 0.15) is 15.9 Å². The van der Waals surface area contributed by atoms with Gasteiger partial charge >= 0.3 is 0 Å². The van der Waals surface area contributed by atoms with Crippen molar-refractivity contribution in [3.63, 3.8) is 0 Å². The van der Waals surface area contributed by atoms with E-state index in [0.717, 1.165) is 5.56 Å². The van der Waals surface area contributed by atoms with Gasteiger partial charge < -0.3 is 4.74 Å². The number of ether oxygens (including phenoxy) is 1. The topological polar surface area (TPSA) is 69.4 Å². The van der Waals surface area contributed by atoms with Gasteiger partial charge in [0, 0.05) is 17.7 Å². The Bertz CT molecular complexity index is 665. The molecule has 0 fully saturated rings. The van der Waals surface area contributed by atoms with E-state index in [1.165, 1.54) is 18.2 Å². The Labute approximate surface area is 133 Å². The molecule has 5 nitrogen and oxygen atoms in total. The van der Waals surface area contributed by atoms with Crippen molar-refractivity contribution in [2.24, 2.45) is 0 Å². The molecule has 0 aliphatic heterocycles. The van der Waals surface area contributed by atoms with Crippen LogP contribution in [0.3, 0.4) is 0 Å². The maximum atomic E-state index is 10.7. The summed E-state index contributed by atoms with van der Waals surface area (Å²) in [6.07, 6.45) is 0.691. The smallest absolute Gasteiger partial charge is 0.269 e. The standard InChI is InChI=1S/C14H9BrClNO4/c15-12-5-10(7-18)6-13(16)14(12)21-8-9-1-3-11(4-2-9)17(19)20/h1-7H,8H2. The fraction of sp³-hybridized carbons (Fsp3) is 0.0714. The van der Waals surface area contributed by atoms with Gasteiger partial charge in [-0.25, -0.2) is 0 Å². The number of rotatable bonds is 5. The molecule has 0 saturated heterocycles. The number of non-ortho nitro benzene ring substituents is 1. The van der Waals surface area contributed by atoms with Crippen molar-refractivity contribution in [2.75, 3.05) is 0 Å². The minimum Gasteiger partial charge on any atom is -0.486 e. The molecule has 7 heteroatoms. The molecule has 0 bridgehead atoms. The molecule has 0 aromatic heterocycles. The van der Waals surface area contributed by atoms with E-state index in [0.29, 0.717) is 27.1 Å². The van der Waals surface area contributed by atoms with Crippen LogP contribution in [0.4, 0.5) is 5.69 Å². The highest BCUT2D eigenvalue weighted by atomic mass is 79.9. The van der Waals surface area contributed by atoms with E-state index in [1.54, 1.807) is 18.2 Å². The number of carbonyl (C=O) groups is 1. The minimum absolute atomic E-state index is 0.0216. The van der Waals surface area contributed by atoms with E-state index in [9.17, 15) is 14.9 Å². The first kappa shape index (κ1) is 15.5. The Morgan fingerprint density at radius 1 is 1.29 bits per heavy atom. The number of hydrogen-bond donors (Lipinski definition) is 0. The second kappa shape index (κ2) is 6.69. The van der Waals surface area contributed by atoms with Crippen molar-refractivity contribution in [1.82, 2.24) is 0 Å². The predicted molar refractivity (Wildman–Crippen MR) is 82.0 cm³/mol. The molecular formula is C14H9BrClNO4. The van der Waals surface area contributed by atoms with Gasteiger partial charge in [-0.3, -0.25) is 14.9 Å². The fourth-order valence-corrected chi connectivity index (χ4v) is 2.64. The summed E-state index contributed by atoms with van der Waals surface area (Å²) in [5.74, 6) is 0.417. The number of nitro benzene ring substituents is 1. The Morgan fingerprint density at radius 3 is 2.48 bits per heavy atom. The highest BCUT2D eigenvalue weighted by molar-refractivity contribution is 9.10. The van der Waals surface area contributed by atoms with Crippen molar-refractivity contribution in [3.05, 3.63) is 67.1 Å². The zero-order chi connectivity index (χ0) is 15.4. The number of nitro groups is 1. The number of benzene rings is 2. The molecule has 0 heterocycles. The van der Waals surface area contributed by atoms with Crippen LogP contribution in [0.25, 0.3) is 0 Å². The molecule has 0 N–H and O–H groups in total. The number of nitrogens with zero attached hydrogens (tertiary/aromatic N) is 1. The molecule has 0 saturated carbocycles. The number of halogens is 2. The van der Waals surface area contributed by atoms with Gasteiger partial charge in [0.05, 0.1) is 14.4 Å². The maximum absolute atomic E-state index is 10.7. The molecule has 108 valence electrons. The van der Waals surface area contributed by atoms with E-state index >= 15 is 0 Å². The van der Waals surface area contributed by atoms with Crippen LogP contribution in [0.15, 0.2) is 40.9 Å². The van der Waals surface area contributed by atoms with Gasteiger partial charge in [0.15, 0.2) is 5.75 Å². The monoisotopic (exact) mass is 369 g/mol. The highest BCUT2D eigenvalue weighted by Gasteiger charge is 2.10. The quantitative estimate of drug-likeness (QED) is 0.444. The Balaban J connectivity index is 2.13. The van der Waals surface area contributed by atoms with E-state index < -0.39 is 4.92 Å². The van der Waals surface area contributed by atoms with Gasteiger partial charge in [0.2, 0.25) is 0 Å². The van der Waals surface area contributed by atoms with Crippen molar-refractivity contribution < 1.29 is 14.5 Å². The van der Waals surface area contributed by atoms with Crippen LogP contribution in [0, 0.1) is 10.1 Å². The van der Waals surface area contributed by atoms with Crippen molar-refractivity contribution in [1.29, 1.82) is 0 Å². The van der Waals surface area contributed by atoms with Crippen LogP contribution >= 0.6 is 27.5 Å². The first-order valence-electron chi connectivity index (χ1n) is 5.81. The van der Waals surface area contributed by atoms with Crippen LogP contribution in [0.2, 0.25) is 5.02 Å². The lowest BCUT2D eigenvalue weighted by Gasteiger charge is -2.10. The molecule has 0 aliphatic rings. The Morgan fingerprint density at radius 2 is 1.95 bits per heavy atom. The third-order valence-electron chi connectivity index (χ3n) is 2.69. The van der Waals surface area contributed by atoms with E-state index in [2.05, 4.69) is 15.9 Å². The Kier molecular flexibility index (Phi) is 4.93. The molecule has 0 unspecified atom stereocenters. The number of hydrogen-bond acceptors (Lipinski definition) is 4. The normalized spacial score (nSPS) is 10.2. The second-order valence-corrected chi connectivity index (χ2v) is 5.41. The molecular weight excluding hydrogens is 362 g/mol. The SMILES string of the molecule is O=Cc1cc(Cl)c(OCc2ccc([N+](=O)[O-])cc2)c(Br)c1. The first-order valence-corrected chi connectivity index (χ1v) is 6.98. The zero-order valence-corrected chi connectivity index (χ0v) is 12.9. The molecule has 0 amide bonds. The van der Waals surface area contributed by atoms with Crippen molar-refractivity contribution >= 4 is 39.5 Å². The number of carbonyl (C=O) groups excluding carboxylic acids is 1. The van der Waals surface area contributed by atoms with Crippen LogP contribution in [-0.4, -0.2) is 11.2 Å². The molecule has 2 aromatic carbocycles. The van der Waals surface area contributed by atoms with E-state index in [4.69, 9.17) is 16.3 Å². The van der Waals surface area contributed by atoms with Crippen LogP contribution < -0.4 is 4.74 Å². The summed E-state index contributed by atoms with van der Waals surface area (Å²) in [5.41, 5.74) is 1.23. The average molecular weight is 371 g/mol. The van der Waals surface area contributed by atoms with Gasteiger partial charge in [-0.15, -0.1) is 0 Å². The summed E-state index contributed by atoms with van der Waals surface area (Å²) in [7, 11) is 0. The van der Waals surface area contributed by atoms with Gasteiger partial charge in [-0.1, -0.05) is 11.6 Å². The minimum atomic E-state index is -0.462. The van der Waals surface area contributed by atoms with E-state index in [1.807, 2.05) is 0 Å². The summed E-state index contributed by atoms with van der Waals surface area (Å²) >= 11 is 9.33. The van der Waals surface area contributed by atoms with Gasteiger partial charge in [0.1, 0.15) is 12.9 Å². The van der Waals surface area contributed by atoms with Crippen LogP contribution in [0.5, 0.6) is 5.75 Å². The summed E-state index contributed by atoms with van der Waals surface area (Å²) in [5, 5.41) is 10.9. The molecule has 0 spiro atoms. The molecule has 21 heavy (non-hydrogen) atoms. The van der Waals surface area contributed by atoms with Gasteiger partial charge in [0.25, 0.3) is 5.69 Å².